The van der Waals surface area contributed by atoms with Crippen molar-refractivity contribution in [2.75, 3.05) is 42.3 Å². The van der Waals surface area contributed by atoms with Crippen LogP contribution in [0.1, 0.15) is 46.1 Å². The summed E-state index contributed by atoms with van der Waals surface area (Å²) in [5.41, 5.74) is 3.54. The summed E-state index contributed by atoms with van der Waals surface area (Å²) in [6.45, 7) is 5.72. The number of thiophene rings is 1. The number of anilines is 3. The molecule has 1 aromatic carbocycles. The number of rotatable bonds is 7. The van der Waals surface area contributed by atoms with E-state index in [1.807, 2.05) is 50.2 Å². The Hall–Kier alpha value is -2.97. The molecule has 3 aromatic rings. The first-order valence-electron chi connectivity index (χ1n) is 10.8. The molecule has 4 rings (SSSR count). The molecule has 1 aliphatic heterocycles. The number of aryl methyl sites for hydroxylation is 1. The van der Waals surface area contributed by atoms with Gasteiger partial charge in [0.2, 0.25) is 0 Å². The molecular weight excluding hydrogens is 422 g/mol. The zero-order valence-corrected chi connectivity index (χ0v) is 19.8. The maximum absolute atomic E-state index is 13.3. The van der Waals surface area contributed by atoms with Crippen LogP contribution in [0.4, 0.5) is 17.2 Å². The number of benzene rings is 1. The third kappa shape index (κ3) is 4.47. The summed E-state index contributed by atoms with van der Waals surface area (Å²) < 4.78 is 6.28. The van der Waals surface area contributed by atoms with Crippen molar-refractivity contribution in [3.05, 3.63) is 63.7 Å². The second kappa shape index (κ2) is 9.67. The van der Waals surface area contributed by atoms with E-state index in [2.05, 4.69) is 33.7 Å². The molecule has 0 aliphatic carbocycles. The number of ether oxygens (including phenoxy) is 1. The number of fused-ring (bicyclic) bond motifs is 1. The van der Waals surface area contributed by atoms with Gasteiger partial charge in [-0.05, 0) is 42.5 Å². The van der Waals surface area contributed by atoms with Gasteiger partial charge < -0.3 is 19.9 Å². The van der Waals surface area contributed by atoms with Crippen LogP contribution in [0.3, 0.4) is 0 Å². The number of carbonyl (C=O) groups is 1. The Morgan fingerprint density at radius 3 is 2.91 bits per heavy atom. The predicted molar refractivity (Wildman–Crippen MR) is 130 cm³/mol. The van der Waals surface area contributed by atoms with Crippen LogP contribution >= 0.6 is 11.3 Å². The summed E-state index contributed by atoms with van der Waals surface area (Å²) in [7, 11) is 3.89. The van der Waals surface area contributed by atoms with E-state index < -0.39 is 0 Å². The summed E-state index contributed by atoms with van der Waals surface area (Å²) in [5.74, 6) is 1.27. The van der Waals surface area contributed by atoms with E-state index in [9.17, 15) is 4.79 Å². The molecule has 168 valence electrons. The zero-order chi connectivity index (χ0) is 22.7. The topological polar surface area (TPSA) is 70.6 Å². The number of nitrogens with zero attached hydrogens (tertiary/aromatic N) is 4. The highest BCUT2D eigenvalue weighted by atomic mass is 32.1. The summed E-state index contributed by atoms with van der Waals surface area (Å²) in [6, 6.07) is 10.1. The normalized spacial score (nSPS) is 14.8. The smallest absolute Gasteiger partial charge is 0.263 e. The lowest BCUT2D eigenvalue weighted by Crippen LogP contribution is -2.33. The summed E-state index contributed by atoms with van der Waals surface area (Å²) in [6.07, 6.45) is 2.55. The van der Waals surface area contributed by atoms with Crippen LogP contribution in [-0.4, -0.2) is 43.1 Å². The molecule has 1 aliphatic rings. The molecular formula is C24H29N5O2S. The van der Waals surface area contributed by atoms with Gasteiger partial charge in [0.15, 0.2) is 0 Å². The number of hydrogen-bond acceptors (Lipinski definition) is 7. The maximum Gasteiger partial charge on any atom is 0.263 e. The Labute approximate surface area is 193 Å². The molecule has 32 heavy (non-hydrogen) atoms. The summed E-state index contributed by atoms with van der Waals surface area (Å²) >= 11 is 1.71. The largest absolute Gasteiger partial charge is 0.387 e. The van der Waals surface area contributed by atoms with Crippen molar-refractivity contribution in [1.82, 2.24) is 9.97 Å². The Morgan fingerprint density at radius 2 is 2.12 bits per heavy atom. The molecule has 1 amide bonds. The standard InChI is InChI=1S/C24H29N5O2S/c1-5-21(22-20(25-3)9-12-32-22)31-15-17-7-6-8-18(13-17)29-11-10-28(4)23-19(24(29)30)14-26-16(2)27-23/h6-9,12-14,21,25H,5,10-11,15H2,1-4H3/t21-/m1/s1. The number of carbonyl (C=O) groups excluding carboxylic acids is 1. The van der Waals surface area contributed by atoms with Gasteiger partial charge in [-0.2, -0.15) is 0 Å². The number of amides is 1. The Balaban J connectivity index is 1.54. The Bertz CT molecular complexity index is 1100. The first-order valence-corrected chi connectivity index (χ1v) is 11.7. The average molecular weight is 452 g/mol. The molecule has 0 saturated carbocycles. The third-order valence-electron chi connectivity index (χ3n) is 5.69. The van der Waals surface area contributed by atoms with Gasteiger partial charge in [0, 0.05) is 39.1 Å². The van der Waals surface area contributed by atoms with Gasteiger partial charge in [0.05, 0.1) is 23.3 Å². The maximum atomic E-state index is 13.3. The Kier molecular flexibility index (Phi) is 6.72. The van der Waals surface area contributed by atoms with Gasteiger partial charge in [0.25, 0.3) is 5.91 Å². The minimum Gasteiger partial charge on any atom is -0.387 e. The fourth-order valence-corrected chi connectivity index (χ4v) is 4.95. The van der Waals surface area contributed by atoms with E-state index in [-0.39, 0.29) is 12.0 Å². The monoisotopic (exact) mass is 451 g/mol. The molecule has 3 heterocycles. The lowest BCUT2D eigenvalue weighted by molar-refractivity contribution is 0.0399. The molecule has 0 fully saturated rings. The lowest BCUT2D eigenvalue weighted by atomic mass is 10.1. The summed E-state index contributed by atoms with van der Waals surface area (Å²) in [4.78, 5) is 27.1. The highest BCUT2D eigenvalue weighted by molar-refractivity contribution is 7.10. The Morgan fingerprint density at radius 1 is 1.28 bits per heavy atom. The van der Waals surface area contributed by atoms with Crippen LogP contribution in [-0.2, 0) is 11.3 Å². The van der Waals surface area contributed by atoms with Gasteiger partial charge in [-0.15, -0.1) is 11.3 Å². The van der Waals surface area contributed by atoms with Crippen LogP contribution in [0, 0.1) is 6.92 Å². The molecule has 0 unspecified atom stereocenters. The molecule has 8 heteroatoms. The molecule has 1 N–H and O–H groups in total. The van der Waals surface area contributed by atoms with Gasteiger partial charge in [-0.3, -0.25) is 4.79 Å². The fourth-order valence-electron chi connectivity index (χ4n) is 3.92. The minimum atomic E-state index is -0.0777. The van der Waals surface area contributed by atoms with Crippen LogP contribution in [0.15, 0.2) is 41.9 Å². The van der Waals surface area contributed by atoms with Crippen molar-refractivity contribution in [2.45, 2.75) is 33.0 Å². The number of aromatic nitrogens is 2. The van der Waals surface area contributed by atoms with Crippen molar-refractivity contribution >= 4 is 34.4 Å². The van der Waals surface area contributed by atoms with Crippen molar-refractivity contribution in [2.24, 2.45) is 0 Å². The molecule has 1 atom stereocenters. The summed E-state index contributed by atoms with van der Waals surface area (Å²) in [5, 5.41) is 5.32. The van der Waals surface area contributed by atoms with Crippen LogP contribution in [0.5, 0.6) is 0 Å². The first-order chi connectivity index (χ1) is 15.5. The van der Waals surface area contributed by atoms with E-state index in [1.54, 1.807) is 22.4 Å². The van der Waals surface area contributed by atoms with Crippen molar-refractivity contribution in [3.63, 3.8) is 0 Å². The van der Waals surface area contributed by atoms with Gasteiger partial charge in [0.1, 0.15) is 17.2 Å². The van der Waals surface area contributed by atoms with Gasteiger partial charge >= 0.3 is 0 Å². The molecule has 7 nitrogen and oxygen atoms in total. The van der Waals surface area contributed by atoms with Crippen molar-refractivity contribution < 1.29 is 9.53 Å². The van der Waals surface area contributed by atoms with Crippen LogP contribution in [0.25, 0.3) is 0 Å². The second-order valence-electron chi connectivity index (χ2n) is 7.86. The molecule has 2 aromatic heterocycles. The number of hydrogen-bond donors (Lipinski definition) is 1. The van der Waals surface area contributed by atoms with Gasteiger partial charge in [-0.25, -0.2) is 9.97 Å². The number of likely N-dealkylation sites (N-methyl/N-ethyl adjacent to an activating group) is 1. The highest BCUT2D eigenvalue weighted by Gasteiger charge is 2.27. The molecule has 0 radical (unpaired) electrons. The van der Waals surface area contributed by atoms with Crippen molar-refractivity contribution in [3.8, 4) is 0 Å². The van der Waals surface area contributed by atoms with Gasteiger partial charge in [-0.1, -0.05) is 19.1 Å². The SMILES string of the molecule is CC[C@@H](OCc1cccc(N2CCN(C)c3nc(C)ncc3C2=O)c1)c1sccc1NC. The van der Waals surface area contributed by atoms with E-state index in [0.717, 1.165) is 23.4 Å². The van der Waals surface area contributed by atoms with E-state index in [1.165, 1.54) is 4.88 Å². The minimum absolute atomic E-state index is 0.0295. The molecule has 0 saturated heterocycles. The zero-order valence-electron chi connectivity index (χ0n) is 19.0. The van der Waals surface area contributed by atoms with Crippen LogP contribution < -0.4 is 15.1 Å². The first kappa shape index (κ1) is 22.2. The van der Waals surface area contributed by atoms with Crippen LogP contribution in [0.2, 0.25) is 0 Å². The average Bonchev–Trinajstić information content (AvgIpc) is 3.24. The third-order valence-corrected chi connectivity index (χ3v) is 6.70. The van der Waals surface area contributed by atoms with Crippen molar-refractivity contribution in [1.29, 1.82) is 0 Å². The fraction of sp³-hybridized carbons (Fsp3) is 0.375. The second-order valence-corrected chi connectivity index (χ2v) is 8.81. The van der Waals surface area contributed by atoms with E-state index in [4.69, 9.17) is 4.74 Å². The molecule has 0 bridgehead atoms. The highest BCUT2D eigenvalue weighted by Crippen LogP contribution is 2.34. The molecule has 0 spiro atoms. The van der Waals surface area contributed by atoms with E-state index in [0.29, 0.717) is 36.9 Å². The van der Waals surface area contributed by atoms with E-state index >= 15 is 0 Å². The number of nitrogens with one attached hydrogen (secondary N) is 1. The lowest BCUT2D eigenvalue weighted by Gasteiger charge is -2.22. The quantitative estimate of drug-likeness (QED) is 0.564. The predicted octanol–water partition coefficient (Wildman–Crippen LogP) is 4.65.